The zero-order valence-electron chi connectivity index (χ0n) is 20.8. The van der Waals surface area contributed by atoms with Crippen LogP contribution in [-0.4, -0.2) is 49.5 Å². The summed E-state index contributed by atoms with van der Waals surface area (Å²) in [5, 5.41) is 2.42. The maximum Gasteiger partial charge on any atom is 0.513 e. The first kappa shape index (κ1) is 25.2. The molecule has 186 valence electrons. The highest BCUT2D eigenvalue weighted by atomic mass is 35.5. The Bertz CT molecular complexity index is 1140. The summed E-state index contributed by atoms with van der Waals surface area (Å²) in [6.07, 6.45) is 0.205. The number of halogens is 1. The van der Waals surface area contributed by atoms with Crippen molar-refractivity contribution in [3.63, 3.8) is 0 Å². The molecule has 0 aliphatic carbocycles. The molecule has 7 nitrogen and oxygen atoms in total. The van der Waals surface area contributed by atoms with Gasteiger partial charge in [-0.15, -0.1) is 0 Å². The fraction of sp³-hybridized carbons (Fsp3) is 0.407. The quantitative estimate of drug-likeness (QED) is 0.500. The third kappa shape index (κ3) is 4.56. The normalized spacial score (nSPS) is 17.9. The van der Waals surface area contributed by atoms with Crippen molar-refractivity contribution in [1.29, 1.82) is 0 Å². The molecule has 0 bridgehead atoms. The standard InChI is InChI=1S/C27H31ClN2O5/c1-6-34-26(32)35-24-23(22-18(3)15-17(2)16-19(22)4)25(31)30(21-9-7-20(28)8-10-21)27(24)11-13-29(33-5)14-12-27/h7-10,15-16H,6,11-14H2,1-5H3. The highest BCUT2D eigenvalue weighted by Crippen LogP contribution is 2.50. The number of aryl methyl sites for hydroxylation is 3. The number of carbonyl (C=O) groups is 2. The van der Waals surface area contributed by atoms with E-state index < -0.39 is 11.7 Å². The molecule has 2 heterocycles. The van der Waals surface area contributed by atoms with Crippen LogP contribution >= 0.6 is 11.6 Å². The molecule has 2 aliphatic rings. The van der Waals surface area contributed by atoms with Crippen LogP contribution in [0, 0.1) is 20.8 Å². The van der Waals surface area contributed by atoms with Gasteiger partial charge in [0.25, 0.3) is 5.91 Å². The molecule has 35 heavy (non-hydrogen) atoms. The Hall–Kier alpha value is -2.87. The first-order chi connectivity index (χ1) is 16.7. The molecule has 2 aliphatic heterocycles. The van der Waals surface area contributed by atoms with E-state index in [2.05, 4.69) is 0 Å². The zero-order valence-corrected chi connectivity index (χ0v) is 21.6. The van der Waals surface area contributed by atoms with Gasteiger partial charge in [0.05, 0.1) is 19.3 Å². The second-order valence-electron chi connectivity index (χ2n) is 9.02. The third-order valence-corrected chi connectivity index (χ3v) is 7.01. The SMILES string of the molecule is CCOC(=O)OC1=C(c2c(C)cc(C)cc2C)C(=O)N(c2ccc(Cl)cc2)C12CCN(OC)CC2. The van der Waals surface area contributed by atoms with E-state index in [1.165, 1.54) is 0 Å². The molecule has 0 saturated carbocycles. The highest BCUT2D eigenvalue weighted by molar-refractivity contribution is 6.32. The van der Waals surface area contributed by atoms with Crippen molar-refractivity contribution in [2.45, 2.75) is 46.1 Å². The van der Waals surface area contributed by atoms with Crippen LogP contribution in [0.5, 0.6) is 0 Å². The third-order valence-electron chi connectivity index (χ3n) is 6.76. The van der Waals surface area contributed by atoms with Crippen LogP contribution in [0.3, 0.4) is 0 Å². The molecular formula is C27H31ClN2O5. The summed E-state index contributed by atoms with van der Waals surface area (Å²) in [5.41, 5.74) is 3.97. The van der Waals surface area contributed by atoms with Crippen molar-refractivity contribution in [3.05, 3.63) is 69.4 Å². The molecule has 0 radical (unpaired) electrons. The molecule has 4 rings (SSSR count). The van der Waals surface area contributed by atoms with Crippen molar-refractivity contribution in [2.24, 2.45) is 0 Å². The summed E-state index contributed by atoms with van der Waals surface area (Å²) < 4.78 is 11.1. The summed E-state index contributed by atoms with van der Waals surface area (Å²) in [6.45, 7) is 8.98. The molecule has 0 unspecified atom stereocenters. The molecule has 1 amide bonds. The Morgan fingerprint density at radius 1 is 1.06 bits per heavy atom. The van der Waals surface area contributed by atoms with Gasteiger partial charge in [-0.3, -0.25) is 9.69 Å². The second kappa shape index (κ2) is 10.0. The Kier molecular flexibility index (Phi) is 7.22. The number of nitrogens with zero attached hydrogens (tertiary/aromatic N) is 2. The number of anilines is 1. The van der Waals surface area contributed by atoms with E-state index in [0.29, 0.717) is 48.0 Å². The van der Waals surface area contributed by atoms with Crippen molar-refractivity contribution in [2.75, 3.05) is 31.7 Å². The lowest BCUT2D eigenvalue weighted by Gasteiger charge is -2.44. The van der Waals surface area contributed by atoms with Crippen LogP contribution in [-0.2, 0) is 19.1 Å². The first-order valence-electron chi connectivity index (χ1n) is 11.8. The second-order valence-corrected chi connectivity index (χ2v) is 9.46. The van der Waals surface area contributed by atoms with E-state index in [0.717, 1.165) is 22.3 Å². The summed E-state index contributed by atoms with van der Waals surface area (Å²) in [7, 11) is 1.63. The average Bonchev–Trinajstić information content (AvgIpc) is 3.02. The van der Waals surface area contributed by atoms with Crippen LogP contribution in [0.4, 0.5) is 10.5 Å². The lowest BCUT2D eigenvalue weighted by Crippen LogP contribution is -2.55. The van der Waals surface area contributed by atoms with E-state index in [1.807, 2.05) is 50.1 Å². The number of amides is 1. The predicted octanol–water partition coefficient (Wildman–Crippen LogP) is 5.59. The number of hydrogen-bond donors (Lipinski definition) is 0. The molecular weight excluding hydrogens is 468 g/mol. The van der Waals surface area contributed by atoms with Crippen LogP contribution in [0.25, 0.3) is 5.57 Å². The van der Waals surface area contributed by atoms with E-state index >= 15 is 0 Å². The van der Waals surface area contributed by atoms with Gasteiger partial charge in [-0.1, -0.05) is 29.3 Å². The van der Waals surface area contributed by atoms with Gasteiger partial charge in [-0.25, -0.2) is 4.79 Å². The molecule has 2 aromatic rings. The van der Waals surface area contributed by atoms with E-state index in [1.54, 1.807) is 31.1 Å². The van der Waals surface area contributed by atoms with Crippen molar-refractivity contribution in [1.82, 2.24) is 5.06 Å². The van der Waals surface area contributed by atoms with E-state index in [-0.39, 0.29) is 12.5 Å². The number of hydrogen-bond acceptors (Lipinski definition) is 6. The molecule has 0 aromatic heterocycles. The number of carbonyl (C=O) groups excluding carboxylic acids is 2. The van der Waals surface area contributed by atoms with Gasteiger partial charge in [-0.05, 0) is 81.5 Å². The molecule has 0 N–H and O–H groups in total. The minimum absolute atomic E-state index is 0.170. The minimum Gasteiger partial charge on any atom is -0.434 e. The molecule has 1 spiro atoms. The number of ether oxygens (including phenoxy) is 2. The Morgan fingerprint density at radius 2 is 1.66 bits per heavy atom. The monoisotopic (exact) mass is 498 g/mol. The van der Waals surface area contributed by atoms with E-state index in [4.69, 9.17) is 25.9 Å². The van der Waals surface area contributed by atoms with Crippen LogP contribution < -0.4 is 4.90 Å². The fourth-order valence-electron chi connectivity index (χ4n) is 5.35. The van der Waals surface area contributed by atoms with Gasteiger partial charge < -0.3 is 14.3 Å². The fourth-order valence-corrected chi connectivity index (χ4v) is 5.48. The number of piperidine rings is 1. The van der Waals surface area contributed by atoms with Crippen molar-refractivity contribution < 1.29 is 23.9 Å². The predicted molar refractivity (Wildman–Crippen MR) is 135 cm³/mol. The zero-order chi connectivity index (χ0) is 25.3. The Morgan fingerprint density at radius 3 is 2.20 bits per heavy atom. The lowest BCUT2D eigenvalue weighted by atomic mass is 9.83. The van der Waals surface area contributed by atoms with Crippen molar-refractivity contribution in [3.8, 4) is 0 Å². The maximum absolute atomic E-state index is 14.3. The molecule has 1 fully saturated rings. The maximum atomic E-state index is 14.3. The summed E-state index contributed by atoms with van der Waals surface area (Å²) in [6, 6.07) is 11.2. The average molecular weight is 499 g/mol. The molecule has 8 heteroatoms. The summed E-state index contributed by atoms with van der Waals surface area (Å²) in [5.74, 6) is 0.120. The molecule has 2 aromatic carbocycles. The largest absolute Gasteiger partial charge is 0.513 e. The van der Waals surface area contributed by atoms with Gasteiger partial charge in [0, 0.05) is 23.8 Å². The smallest absolute Gasteiger partial charge is 0.434 e. The Labute approximate surface area is 211 Å². The minimum atomic E-state index is -0.883. The molecule has 1 saturated heterocycles. The highest BCUT2D eigenvalue weighted by Gasteiger charge is 2.56. The Balaban J connectivity index is 1.97. The van der Waals surface area contributed by atoms with Crippen LogP contribution in [0.15, 0.2) is 42.2 Å². The van der Waals surface area contributed by atoms with Gasteiger partial charge in [0.15, 0.2) is 5.76 Å². The van der Waals surface area contributed by atoms with E-state index in [9.17, 15) is 9.59 Å². The van der Waals surface area contributed by atoms with Gasteiger partial charge >= 0.3 is 6.16 Å². The van der Waals surface area contributed by atoms with Crippen LogP contribution in [0.2, 0.25) is 5.02 Å². The number of hydroxylamine groups is 2. The topological polar surface area (TPSA) is 68.3 Å². The molecule has 0 atom stereocenters. The van der Waals surface area contributed by atoms with Gasteiger partial charge in [0.2, 0.25) is 0 Å². The summed E-state index contributed by atoms with van der Waals surface area (Å²) in [4.78, 5) is 34.2. The van der Waals surface area contributed by atoms with Crippen molar-refractivity contribution >= 4 is 34.9 Å². The lowest BCUT2D eigenvalue weighted by molar-refractivity contribution is -0.150. The summed E-state index contributed by atoms with van der Waals surface area (Å²) >= 11 is 6.16. The van der Waals surface area contributed by atoms with Crippen LogP contribution in [0.1, 0.15) is 42.0 Å². The first-order valence-corrected chi connectivity index (χ1v) is 12.2. The van der Waals surface area contributed by atoms with Gasteiger partial charge in [-0.2, -0.15) is 5.06 Å². The van der Waals surface area contributed by atoms with Gasteiger partial charge in [0.1, 0.15) is 5.54 Å². The number of benzene rings is 2. The number of rotatable bonds is 5.